The van der Waals surface area contributed by atoms with Crippen LogP contribution in [0.4, 0.5) is 23.2 Å². The summed E-state index contributed by atoms with van der Waals surface area (Å²) in [5, 5.41) is 6.07. The average Bonchev–Trinajstić information content (AvgIpc) is 2.65. The third kappa shape index (κ3) is 4.95. The largest absolute Gasteiger partial charge is 0.416 e. The zero-order valence-corrected chi connectivity index (χ0v) is 17.2. The van der Waals surface area contributed by atoms with Gasteiger partial charge in [0.1, 0.15) is 11.5 Å². The van der Waals surface area contributed by atoms with Crippen molar-refractivity contribution >= 4 is 17.4 Å². The van der Waals surface area contributed by atoms with Crippen molar-refractivity contribution in [2.45, 2.75) is 33.0 Å². The molecule has 2 aliphatic rings. The fourth-order valence-corrected chi connectivity index (χ4v) is 3.25. The summed E-state index contributed by atoms with van der Waals surface area (Å²) in [6.07, 6.45) is -4.62. The molecule has 0 aliphatic carbocycles. The van der Waals surface area contributed by atoms with Gasteiger partial charge in [0.05, 0.1) is 11.6 Å². The highest BCUT2D eigenvalue weighted by molar-refractivity contribution is 5.88. The molecule has 1 aromatic carbocycles. The molecule has 1 fully saturated rings. The Balaban J connectivity index is 0.00000145. The summed E-state index contributed by atoms with van der Waals surface area (Å²) >= 11 is 0. The predicted molar refractivity (Wildman–Crippen MR) is 108 cm³/mol. The van der Waals surface area contributed by atoms with Crippen molar-refractivity contribution in [2.75, 3.05) is 33.2 Å². The Kier molecular flexibility index (Phi) is 7.05. The molecule has 1 aromatic rings. The topological polar surface area (TPSA) is 34.4 Å². The second-order valence-electron chi connectivity index (χ2n) is 7.16. The first-order valence-electron chi connectivity index (χ1n) is 9.32. The Labute approximate surface area is 169 Å². The molecule has 0 saturated carbocycles. The van der Waals surface area contributed by atoms with Crippen molar-refractivity contribution in [3.63, 3.8) is 0 Å². The predicted octanol–water partition coefficient (Wildman–Crippen LogP) is 4.65. The van der Waals surface area contributed by atoms with Crippen LogP contribution in [-0.4, -0.2) is 59.7 Å². The van der Waals surface area contributed by atoms with Gasteiger partial charge in [0, 0.05) is 37.5 Å². The van der Waals surface area contributed by atoms with Crippen molar-refractivity contribution in [1.82, 2.24) is 14.8 Å². The van der Waals surface area contributed by atoms with E-state index < -0.39 is 23.6 Å². The fraction of sp³-hybridized carbons (Fsp3) is 0.500. The number of hydrazone groups is 1. The number of likely N-dealkylation sites (N-methyl/N-ethyl adjacent to an activating group) is 1. The summed E-state index contributed by atoms with van der Waals surface area (Å²) in [5.74, 6) is -0.488. The maximum Gasteiger partial charge on any atom is 0.416 e. The Bertz CT molecular complexity index is 791. The van der Waals surface area contributed by atoms with Crippen molar-refractivity contribution in [1.29, 1.82) is 0 Å². The Morgan fingerprint density at radius 2 is 1.72 bits per heavy atom. The molecule has 3 rings (SSSR count). The van der Waals surface area contributed by atoms with Crippen molar-refractivity contribution < 1.29 is 17.6 Å². The molecule has 2 aliphatic heterocycles. The number of piperazine rings is 1. The third-order valence-corrected chi connectivity index (χ3v) is 4.75. The standard InChI is InChI=1S/C18H23F4N5.C2H4/c1-11(2)24-27-12(3)14-9-13(18(20,21)22)10-15(19)16(14)23-17(27)26-7-5-25(4)6-8-26;1-2/h9-10,12H,5-8H2,1-4H3;1-2H2. The van der Waals surface area contributed by atoms with Gasteiger partial charge in [-0.2, -0.15) is 18.3 Å². The lowest BCUT2D eigenvalue weighted by atomic mass is 10.00. The lowest BCUT2D eigenvalue weighted by Crippen LogP contribution is -2.52. The molecule has 2 heterocycles. The minimum Gasteiger partial charge on any atom is -0.338 e. The lowest BCUT2D eigenvalue weighted by Gasteiger charge is -2.41. The van der Waals surface area contributed by atoms with E-state index in [0.29, 0.717) is 25.1 Å². The molecule has 0 aromatic heterocycles. The molecular weight excluding hydrogens is 386 g/mol. The number of nitrogens with zero attached hydrogens (tertiary/aromatic N) is 5. The van der Waals surface area contributed by atoms with Gasteiger partial charge in [-0.25, -0.2) is 14.4 Å². The first kappa shape index (κ1) is 22.9. The number of alkyl halides is 3. The van der Waals surface area contributed by atoms with Crippen molar-refractivity contribution in [3.8, 4) is 0 Å². The molecule has 0 amide bonds. The van der Waals surface area contributed by atoms with Gasteiger partial charge >= 0.3 is 6.18 Å². The molecule has 0 radical (unpaired) electrons. The Hall–Kier alpha value is -2.42. The second kappa shape index (κ2) is 8.94. The van der Waals surface area contributed by atoms with E-state index in [-0.39, 0.29) is 11.3 Å². The van der Waals surface area contributed by atoms with Crippen LogP contribution in [0, 0.1) is 5.82 Å². The number of benzene rings is 1. The van der Waals surface area contributed by atoms with Gasteiger partial charge in [0.15, 0.2) is 0 Å². The normalized spacial score (nSPS) is 19.7. The summed E-state index contributed by atoms with van der Waals surface area (Å²) in [5.41, 5.74) is -0.129. The summed E-state index contributed by atoms with van der Waals surface area (Å²) in [7, 11) is 2.02. The van der Waals surface area contributed by atoms with Crippen LogP contribution >= 0.6 is 0 Å². The van der Waals surface area contributed by atoms with Crippen molar-refractivity contribution in [3.05, 3.63) is 42.2 Å². The molecule has 1 saturated heterocycles. The van der Waals surface area contributed by atoms with Crippen LogP contribution in [0.5, 0.6) is 0 Å². The van der Waals surface area contributed by atoms with Crippen LogP contribution in [0.2, 0.25) is 0 Å². The van der Waals surface area contributed by atoms with Gasteiger partial charge in [-0.15, -0.1) is 13.2 Å². The van der Waals surface area contributed by atoms with Gasteiger partial charge in [0.25, 0.3) is 0 Å². The van der Waals surface area contributed by atoms with Gasteiger partial charge in [-0.1, -0.05) is 0 Å². The maximum absolute atomic E-state index is 14.5. The number of hydrogen-bond acceptors (Lipinski definition) is 5. The molecule has 1 unspecified atom stereocenters. The quantitative estimate of drug-likeness (QED) is 0.382. The highest BCUT2D eigenvalue weighted by atomic mass is 19.4. The van der Waals surface area contributed by atoms with Crippen LogP contribution < -0.4 is 0 Å². The van der Waals surface area contributed by atoms with E-state index in [0.717, 1.165) is 24.9 Å². The molecule has 0 N–H and O–H groups in total. The Morgan fingerprint density at radius 1 is 1.14 bits per heavy atom. The first-order valence-corrected chi connectivity index (χ1v) is 9.32. The zero-order valence-electron chi connectivity index (χ0n) is 17.2. The van der Waals surface area contributed by atoms with Gasteiger partial charge in [0.2, 0.25) is 5.96 Å². The number of halogens is 4. The number of hydrogen-bond donors (Lipinski definition) is 0. The zero-order chi connectivity index (χ0) is 21.9. The highest BCUT2D eigenvalue weighted by Gasteiger charge is 2.37. The van der Waals surface area contributed by atoms with E-state index in [1.54, 1.807) is 25.8 Å². The van der Waals surface area contributed by atoms with Crippen LogP contribution in [0.1, 0.15) is 37.9 Å². The Morgan fingerprint density at radius 3 is 2.24 bits per heavy atom. The van der Waals surface area contributed by atoms with Crippen LogP contribution in [0.25, 0.3) is 0 Å². The SMILES string of the molecule is C=C.CC(C)=NN1C(N2CCN(C)CC2)=Nc2c(F)cc(C(F)(F)F)cc2C1C. The minimum absolute atomic E-state index is 0.0374. The number of aliphatic imine (C=N–C) groups is 1. The average molecular weight is 413 g/mol. The smallest absolute Gasteiger partial charge is 0.338 e. The van der Waals surface area contributed by atoms with Crippen molar-refractivity contribution in [2.24, 2.45) is 10.1 Å². The summed E-state index contributed by atoms with van der Waals surface area (Å²) in [6, 6.07) is 0.917. The first-order chi connectivity index (χ1) is 13.6. The van der Waals surface area contributed by atoms with Crippen LogP contribution in [-0.2, 0) is 6.18 Å². The van der Waals surface area contributed by atoms with E-state index >= 15 is 0 Å². The minimum atomic E-state index is -4.62. The molecule has 160 valence electrons. The van der Waals surface area contributed by atoms with Gasteiger partial charge in [-0.05, 0) is 40.0 Å². The molecule has 9 heteroatoms. The monoisotopic (exact) mass is 413 g/mol. The number of guanidine groups is 1. The molecule has 29 heavy (non-hydrogen) atoms. The van der Waals surface area contributed by atoms with E-state index in [1.165, 1.54) is 0 Å². The summed E-state index contributed by atoms with van der Waals surface area (Å²) in [4.78, 5) is 8.58. The molecule has 0 spiro atoms. The molecule has 5 nitrogen and oxygen atoms in total. The fourth-order valence-electron chi connectivity index (χ4n) is 3.25. The lowest BCUT2D eigenvalue weighted by molar-refractivity contribution is -0.137. The van der Waals surface area contributed by atoms with Gasteiger partial charge < -0.3 is 9.80 Å². The van der Waals surface area contributed by atoms with E-state index in [2.05, 4.69) is 28.2 Å². The molecule has 1 atom stereocenters. The number of fused-ring (bicyclic) bond motifs is 1. The van der Waals surface area contributed by atoms with E-state index in [4.69, 9.17) is 0 Å². The molecule has 0 bridgehead atoms. The number of rotatable bonds is 1. The van der Waals surface area contributed by atoms with E-state index in [1.807, 2.05) is 11.9 Å². The van der Waals surface area contributed by atoms with E-state index in [9.17, 15) is 17.6 Å². The highest BCUT2D eigenvalue weighted by Crippen LogP contribution is 2.41. The van der Waals surface area contributed by atoms with Crippen LogP contribution in [0.3, 0.4) is 0 Å². The molecular formula is C20H27F4N5. The third-order valence-electron chi connectivity index (χ3n) is 4.75. The van der Waals surface area contributed by atoms with Gasteiger partial charge in [-0.3, -0.25) is 0 Å². The summed E-state index contributed by atoms with van der Waals surface area (Å²) in [6.45, 7) is 14.3. The van der Waals surface area contributed by atoms with Crippen LogP contribution in [0.15, 0.2) is 35.4 Å². The summed E-state index contributed by atoms with van der Waals surface area (Å²) < 4.78 is 53.9. The maximum atomic E-state index is 14.5. The second-order valence-corrected chi connectivity index (χ2v) is 7.16.